The lowest BCUT2D eigenvalue weighted by Crippen LogP contribution is -2.25. The van der Waals surface area contributed by atoms with Crippen LogP contribution in [0.15, 0.2) is 30.9 Å². The second-order valence-corrected chi connectivity index (χ2v) is 6.97. The van der Waals surface area contributed by atoms with Crippen molar-refractivity contribution >= 4 is 22.9 Å². The van der Waals surface area contributed by atoms with Crippen LogP contribution in [0, 0.1) is 6.92 Å². The van der Waals surface area contributed by atoms with E-state index in [0.29, 0.717) is 34.3 Å². The third-order valence-corrected chi connectivity index (χ3v) is 5.32. The van der Waals surface area contributed by atoms with Crippen LogP contribution >= 0.6 is 0 Å². The average molecular weight is 405 g/mol. The van der Waals surface area contributed by atoms with E-state index >= 15 is 0 Å². The van der Waals surface area contributed by atoms with Crippen LogP contribution in [0.25, 0.3) is 17.0 Å². The number of nitrogens with zero attached hydrogens (tertiary/aromatic N) is 5. The van der Waals surface area contributed by atoms with E-state index in [4.69, 9.17) is 14.6 Å². The number of rotatable bonds is 4. The lowest BCUT2D eigenvalue weighted by Gasteiger charge is -2.25. The van der Waals surface area contributed by atoms with Crippen molar-refractivity contribution in [1.82, 2.24) is 29.7 Å². The van der Waals surface area contributed by atoms with Crippen molar-refractivity contribution < 1.29 is 14.3 Å². The summed E-state index contributed by atoms with van der Waals surface area (Å²) in [6, 6.07) is 5.61. The van der Waals surface area contributed by atoms with Gasteiger partial charge in [0, 0.05) is 29.5 Å². The molecule has 0 unspecified atom stereocenters. The Kier molecular flexibility index (Phi) is 4.12. The molecule has 0 saturated carbocycles. The summed E-state index contributed by atoms with van der Waals surface area (Å²) >= 11 is 0. The molecule has 1 aromatic carbocycles. The van der Waals surface area contributed by atoms with E-state index in [2.05, 4.69) is 25.3 Å². The third kappa shape index (κ3) is 2.68. The first-order valence-electron chi connectivity index (χ1n) is 9.36. The summed E-state index contributed by atoms with van der Waals surface area (Å²) in [5, 5.41) is 7.66. The maximum absolute atomic E-state index is 12.7. The molecule has 5 rings (SSSR count). The minimum absolute atomic E-state index is 0.110. The molecule has 0 bridgehead atoms. The molecule has 4 heterocycles. The number of nitrogens with one attached hydrogen (secondary N) is 2. The fraction of sp³-hybridized carbons (Fsp3) is 0.250. The lowest BCUT2D eigenvalue weighted by molar-refractivity contribution is -0.116. The van der Waals surface area contributed by atoms with Gasteiger partial charge in [-0.3, -0.25) is 4.79 Å². The van der Waals surface area contributed by atoms with Gasteiger partial charge in [-0.05, 0) is 13.0 Å². The predicted octanol–water partition coefficient (Wildman–Crippen LogP) is 2.34. The second-order valence-electron chi connectivity index (χ2n) is 6.97. The van der Waals surface area contributed by atoms with E-state index in [1.807, 2.05) is 25.1 Å². The van der Waals surface area contributed by atoms with E-state index in [-0.39, 0.29) is 18.2 Å². The first-order valence-corrected chi connectivity index (χ1v) is 9.36. The highest BCUT2D eigenvalue weighted by molar-refractivity contribution is 5.95. The minimum Gasteiger partial charge on any atom is -0.497 e. The number of anilines is 1. The number of hydrogen-bond acceptors (Lipinski definition) is 7. The molecule has 0 aliphatic carbocycles. The highest BCUT2D eigenvalue weighted by Gasteiger charge is 2.35. The van der Waals surface area contributed by atoms with Gasteiger partial charge >= 0.3 is 0 Å². The smallest absolute Gasteiger partial charge is 0.226 e. The topological polar surface area (TPSA) is 120 Å². The Morgan fingerprint density at radius 2 is 2.03 bits per heavy atom. The number of fused-ring (bicyclic) bond motifs is 2. The van der Waals surface area contributed by atoms with E-state index in [1.165, 1.54) is 6.33 Å². The first kappa shape index (κ1) is 18.1. The van der Waals surface area contributed by atoms with Crippen LogP contribution in [0.3, 0.4) is 0 Å². The van der Waals surface area contributed by atoms with Crippen molar-refractivity contribution in [1.29, 1.82) is 0 Å². The Morgan fingerprint density at radius 3 is 2.83 bits per heavy atom. The monoisotopic (exact) mass is 405 g/mol. The normalized spacial score (nSPS) is 15.7. The van der Waals surface area contributed by atoms with Crippen LogP contribution in [0.2, 0.25) is 0 Å². The molecule has 3 aromatic heterocycles. The Labute approximate surface area is 171 Å². The fourth-order valence-electron chi connectivity index (χ4n) is 3.99. The van der Waals surface area contributed by atoms with Crippen LogP contribution < -0.4 is 14.8 Å². The molecular weight excluding hydrogens is 386 g/mol. The Hall–Kier alpha value is -3.95. The van der Waals surface area contributed by atoms with Crippen molar-refractivity contribution in [3.8, 4) is 17.3 Å². The standard InChI is InChI=1S/C20H19N7O3/c1-10-16-13(12-5-4-11(29-2)6-14(12)30-3)7-15(28)25-19(16)27(26-10)20-17-18(22-8-21-17)23-9-24-20/h4-6,8-9,13H,7H2,1-3H3,(H,25,28)(H,21,22,23,24)/t13-/m0/s1. The van der Waals surface area contributed by atoms with Crippen LogP contribution in [-0.4, -0.2) is 49.8 Å². The second kappa shape index (κ2) is 6.83. The number of ether oxygens (including phenoxy) is 2. The number of benzene rings is 1. The van der Waals surface area contributed by atoms with Crippen LogP contribution in [-0.2, 0) is 4.79 Å². The number of imidazole rings is 1. The minimum atomic E-state index is -0.220. The Bertz CT molecular complexity index is 1280. The highest BCUT2D eigenvalue weighted by Crippen LogP contribution is 2.44. The maximum Gasteiger partial charge on any atom is 0.226 e. The van der Waals surface area contributed by atoms with Gasteiger partial charge in [-0.2, -0.15) is 9.78 Å². The molecule has 0 fully saturated rings. The molecule has 1 aliphatic rings. The summed E-state index contributed by atoms with van der Waals surface area (Å²) < 4.78 is 12.5. The number of aromatic nitrogens is 6. The van der Waals surface area contributed by atoms with Gasteiger partial charge in [0.2, 0.25) is 5.91 Å². The van der Waals surface area contributed by atoms with Crippen molar-refractivity contribution in [2.45, 2.75) is 19.3 Å². The molecule has 1 amide bonds. The first-order chi connectivity index (χ1) is 14.6. The van der Waals surface area contributed by atoms with Gasteiger partial charge in [-0.15, -0.1) is 0 Å². The zero-order valence-corrected chi connectivity index (χ0v) is 16.6. The van der Waals surface area contributed by atoms with Gasteiger partial charge < -0.3 is 19.8 Å². The van der Waals surface area contributed by atoms with E-state index in [0.717, 1.165) is 16.8 Å². The van der Waals surface area contributed by atoms with Gasteiger partial charge in [0.25, 0.3) is 0 Å². The number of amides is 1. The molecule has 152 valence electrons. The zero-order chi connectivity index (χ0) is 20.8. The molecule has 1 aliphatic heterocycles. The zero-order valence-electron chi connectivity index (χ0n) is 16.6. The summed E-state index contributed by atoms with van der Waals surface area (Å²) in [7, 11) is 3.21. The number of aryl methyl sites for hydroxylation is 1. The summed E-state index contributed by atoms with van der Waals surface area (Å²) in [6.45, 7) is 1.92. The maximum atomic E-state index is 12.7. The van der Waals surface area contributed by atoms with E-state index in [1.54, 1.807) is 25.2 Å². The molecule has 4 aromatic rings. The number of aromatic amines is 1. The van der Waals surface area contributed by atoms with Crippen LogP contribution in [0.4, 0.5) is 5.82 Å². The van der Waals surface area contributed by atoms with Gasteiger partial charge in [-0.25, -0.2) is 15.0 Å². The lowest BCUT2D eigenvalue weighted by atomic mass is 9.85. The molecule has 0 radical (unpaired) electrons. The molecule has 1 atom stereocenters. The summed E-state index contributed by atoms with van der Waals surface area (Å²) in [5.74, 6) is 2.12. The number of carbonyl (C=O) groups excluding carboxylic acids is 1. The van der Waals surface area contributed by atoms with Crippen LogP contribution in [0.5, 0.6) is 11.5 Å². The summed E-state index contributed by atoms with van der Waals surface area (Å²) in [4.78, 5) is 28.4. The average Bonchev–Trinajstić information content (AvgIpc) is 3.37. The Morgan fingerprint density at radius 1 is 1.17 bits per heavy atom. The van der Waals surface area contributed by atoms with E-state index < -0.39 is 0 Å². The summed E-state index contributed by atoms with van der Waals surface area (Å²) in [6.07, 6.45) is 3.26. The van der Waals surface area contributed by atoms with Gasteiger partial charge in [-0.1, -0.05) is 6.07 Å². The molecule has 30 heavy (non-hydrogen) atoms. The molecule has 0 spiro atoms. The van der Waals surface area contributed by atoms with Crippen molar-refractivity contribution in [2.75, 3.05) is 19.5 Å². The fourth-order valence-corrected chi connectivity index (χ4v) is 3.99. The quantitative estimate of drug-likeness (QED) is 0.535. The van der Waals surface area contributed by atoms with Gasteiger partial charge in [0.1, 0.15) is 29.2 Å². The highest BCUT2D eigenvalue weighted by atomic mass is 16.5. The number of hydrogen-bond donors (Lipinski definition) is 2. The third-order valence-electron chi connectivity index (χ3n) is 5.32. The number of H-pyrrole nitrogens is 1. The van der Waals surface area contributed by atoms with Crippen molar-refractivity contribution in [3.05, 3.63) is 47.7 Å². The molecular formula is C20H19N7O3. The Balaban J connectivity index is 1.71. The van der Waals surface area contributed by atoms with Crippen molar-refractivity contribution in [3.63, 3.8) is 0 Å². The molecule has 0 saturated heterocycles. The SMILES string of the molecule is COc1ccc([C@@H]2CC(=O)Nc3c2c(C)nn3-c2ncnc3nc[nH]c23)c(OC)c1. The molecule has 10 nitrogen and oxygen atoms in total. The number of carbonyl (C=O) groups is 1. The van der Waals surface area contributed by atoms with Gasteiger partial charge in [0.05, 0.1) is 26.2 Å². The van der Waals surface area contributed by atoms with Crippen molar-refractivity contribution in [2.24, 2.45) is 0 Å². The van der Waals surface area contributed by atoms with E-state index in [9.17, 15) is 4.79 Å². The van der Waals surface area contributed by atoms with Crippen LogP contribution in [0.1, 0.15) is 29.2 Å². The molecule has 2 N–H and O–H groups in total. The number of methoxy groups -OCH3 is 2. The largest absolute Gasteiger partial charge is 0.497 e. The van der Waals surface area contributed by atoms with Gasteiger partial charge in [0.15, 0.2) is 11.5 Å². The predicted molar refractivity (Wildman–Crippen MR) is 108 cm³/mol. The molecule has 10 heteroatoms. The summed E-state index contributed by atoms with van der Waals surface area (Å²) in [5.41, 5.74) is 3.77.